The van der Waals surface area contributed by atoms with E-state index in [9.17, 15) is 4.79 Å². The van der Waals surface area contributed by atoms with Crippen molar-refractivity contribution in [1.82, 2.24) is 0 Å². The molecule has 1 aliphatic rings. The molecule has 3 rings (SSSR count). The fraction of sp³-hybridized carbons (Fsp3) is 0.381. The van der Waals surface area contributed by atoms with Gasteiger partial charge in [0.2, 0.25) is 0 Å². The zero-order chi connectivity index (χ0) is 16.2. The van der Waals surface area contributed by atoms with Gasteiger partial charge in [-0.05, 0) is 47.4 Å². The number of rotatable bonds is 5. The van der Waals surface area contributed by atoms with Gasteiger partial charge in [0.15, 0.2) is 0 Å². The maximum absolute atomic E-state index is 10.9. The van der Waals surface area contributed by atoms with Crippen LogP contribution in [-0.2, 0) is 4.79 Å². The lowest BCUT2D eigenvalue weighted by molar-refractivity contribution is -0.104. The summed E-state index contributed by atoms with van der Waals surface area (Å²) in [4.78, 5) is 13.7. The van der Waals surface area contributed by atoms with E-state index in [1.54, 1.807) is 6.08 Å². The minimum Gasteiger partial charge on any atom is -0.299 e. The van der Waals surface area contributed by atoms with Gasteiger partial charge in [-0.25, -0.2) is 0 Å². The average Bonchev–Trinajstić information content (AvgIpc) is 3.20. The summed E-state index contributed by atoms with van der Waals surface area (Å²) >= 11 is 1.92. The van der Waals surface area contributed by atoms with Crippen LogP contribution in [0.4, 0.5) is 0 Å². The molecule has 0 N–H and O–H groups in total. The monoisotopic (exact) mass is 324 g/mol. The van der Waals surface area contributed by atoms with Crippen LogP contribution < -0.4 is 0 Å². The van der Waals surface area contributed by atoms with Gasteiger partial charge < -0.3 is 0 Å². The SMILES string of the molecule is CC(C)c1sc(-c2ccccc2)c(C2CCCC2)c1/C=C/C=O. The molecule has 0 spiro atoms. The van der Waals surface area contributed by atoms with Gasteiger partial charge >= 0.3 is 0 Å². The molecule has 1 aliphatic carbocycles. The quantitative estimate of drug-likeness (QED) is 0.459. The lowest BCUT2D eigenvalue weighted by atomic mass is 9.89. The Morgan fingerprint density at radius 3 is 2.43 bits per heavy atom. The predicted molar refractivity (Wildman–Crippen MR) is 100 cm³/mol. The Balaban J connectivity index is 2.21. The second-order valence-electron chi connectivity index (χ2n) is 6.62. The van der Waals surface area contributed by atoms with Crippen LogP contribution in [0.5, 0.6) is 0 Å². The van der Waals surface area contributed by atoms with E-state index in [1.165, 1.54) is 52.1 Å². The van der Waals surface area contributed by atoms with Gasteiger partial charge in [-0.1, -0.05) is 63.1 Å². The number of thiophene rings is 1. The van der Waals surface area contributed by atoms with Gasteiger partial charge in [0, 0.05) is 9.75 Å². The van der Waals surface area contributed by atoms with Crippen molar-refractivity contribution in [3.63, 3.8) is 0 Å². The van der Waals surface area contributed by atoms with Crippen LogP contribution in [0.3, 0.4) is 0 Å². The first-order valence-corrected chi connectivity index (χ1v) is 9.38. The zero-order valence-electron chi connectivity index (χ0n) is 13.9. The molecular weight excluding hydrogens is 300 g/mol. The Kier molecular flexibility index (Phi) is 5.12. The van der Waals surface area contributed by atoms with Crippen molar-refractivity contribution < 1.29 is 4.79 Å². The van der Waals surface area contributed by atoms with Gasteiger partial charge in [-0.15, -0.1) is 11.3 Å². The molecule has 1 heterocycles. The topological polar surface area (TPSA) is 17.1 Å². The van der Waals surface area contributed by atoms with Crippen molar-refractivity contribution in [2.75, 3.05) is 0 Å². The van der Waals surface area contributed by atoms with Gasteiger partial charge in [0.25, 0.3) is 0 Å². The molecule has 0 radical (unpaired) electrons. The molecule has 1 saturated carbocycles. The van der Waals surface area contributed by atoms with Gasteiger partial charge in [-0.2, -0.15) is 0 Å². The van der Waals surface area contributed by atoms with E-state index in [4.69, 9.17) is 0 Å². The van der Waals surface area contributed by atoms with Crippen molar-refractivity contribution in [3.05, 3.63) is 52.4 Å². The minimum atomic E-state index is 0.476. The normalized spacial score (nSPS) is 15.8. The molecule has 0 saturated heterocycles. The van der Waals surface area contributed by atoms with Crippen LogP contribution >= 0.6 is 11.3 Å². The Morgan fingerprint density at radius 1 is 1.13 bits per heavy atom. The molecule has 0 aliphatic heterocycles. The van der Waals surface area contributed by atoms with Crippen LogP contribution in [0.25, 0.3) is 16.5 Å². The number of hydrogen-bond acceptors (Lipinski definition) is 2. The molecule has 1 fully saturated rings. The summed E-state index contributed by atoms with van der Waals surface area (Å²) in [5, 5.41) is 0. The summed E-state index contributed by atoms with van der Waals surface area (Å²) in [6, 6.07) is 10.7. The van der Waals surface area contributed by atoms with Crippen LogP contribution in [0.15, 0.2) is 36.4 Å². The van der Waals surface area contributed by atoms with Gasteiger partial charge in [-0.3, -0.25) is 4.79 Å². The Morgan fingerprint density at radius 2 is 1.83 bits per heavy atom. The van der Waals surface area contributed by atoms with Crippen molar-refractivity contribution in [2.24, 2.45) is 0 Å². The van der Waals surface area contributed by atoms with Crippen molar-refractivity contribution >= 4 is 23.7 Å². The molecule has 2 aromatic rings. The van der Waals surface area contributed by atoms with E-state index < -0.39 is 0 Å². The molecule has 120 valence electrons. The van der Waals surface area contributed by atoms with Crippen molar-refractivity contribution in [1.29, 1.82) is 0 Å². The second-order valence-corrected chi connectivity index (χ2v) is 7.67. The van der Waals surface area contributed by atoms with Crippen LogP contribution in [-0.4, -0.2) is 6.29 Å². The van der Waals surface area contributed by atoms with E-state index in [1.807, 2.05) is 17.4 Å². The molecule has 0 amide bonds. The molecule has 1 aromatic carbocycles. The predicted octanol–water partition coefficient (Wildman–Crippen LogP) is 6.41. The fourth-order valence-corrected chi connectivity index (χ4v) is 5.02. The highest BCUT2D eigenvalue weighted by Crippen LogP contribution is 2.48. The average molecular weight is 324 g/mol. The number of allylic oxidation sites excluding steroid dienone is 1. The zero-order valence-corrected chi connectivity index (χ0v) is 14.7. The first kappa shape index (κ1) is 16.2. The molecule has 0 atom stereocenters. The molecule has 1 aromatic heterocycles. The lowest BCUT2D eigenvalue weighted by Crippen LogP contribution is -1.97. The molecule has 0 unspecified atom stereocenters. The molecule has 1 nitrogen and oxygen atoms in total. The van der Waals surface area contributed by atoms with E-state index in [2.05, 4.69) is 44.2 Å². The third-order valence-electron chi connectivity index (χ3n) is 4.68. The molecule has 2 heteroatoms. The molecule has 0 bridgehead atoms. The molecule has 23 heavy (non-hydrogen) atoms. The van der Waals surface area contributed by atoms with E-state index in [-0.39, 0.29) is 0 Å². The summed E-state index contributed by atoms with van der Waals surface area (Å²) in [7, 11) is 0. The third kappa shape index (κ3) is 3.32. The molecular formula is C21H24OS. The second kappa shape index (κ2) is 7.27. The highest BCUT2D eigenvalue weighted by Gasteiger charge is 2.27. The lowest BCUT2D eigenvalue weighted by Gasteiger charge is -2.14. The number of carbonyl (C=O) groups is 1. The third-order valence-corrected chi connectivity index (χ3v) is 6.25. The standard InChI is InChI=1S/C21H24OS/c1-15(2)20-18(13-8-14-22)19(16-9-6-7-10-16)21(23-20)17-11-4-3-5-12-17/h3-5,8,11-16H,6-7,9-10H2,1-2H3/b13-8+. The first-order chi connectivity index (χ1) is 11.2. The van der Waals surface area contributed by atoms with Gasteiger partial charge in [0.1, 0.15) is 6.29 Å². The van der Waals surface area contributed by atoms with Crippen molar-refractivity contribution in [2.45, 2.75) is 51.4 Å². The maximum Gasteiger partial charge on any atom is 0.142 e. The van der Waals surface area contributed by atoms with E-state index in [0.717, 1.165) is 6.29 Å². The smallest absolute Gasteiger partial charge is 0.142 e. The minimum absolute atomic E-state index is 0.476. The number of hydrogen-bond donors (Lipinski definition) is 0. The van der Waals surface area contributed by atoms with Crippen LogP contribution in [0.2, 0.25) is 0 Å². The number of aldehydes is 1. The first-order valence-electron chi connectivity index (χ1n) is 8.56. The highest BCUT2D eigenvalue weighted by molar-refractivity contribution is 7.16. The highest BCUT2D eigenvalue weighted by atomic mass is 32.1. The summed E-state index contributed by atoms with van der Waals surface area (Å²) < 4.78 is 0. The number of carbonyl (C=O) groups excluding carboxylic acids is 1. The van der Waals surface area contributed by atoms with E-state index >= 15 is 0 Å². The summed E-state index contributed by atoms with van der Waals surface area (Å²) in [6.45, 7) is 4.49. The van der Waals surface area contributed by atoms with Crippen LogP contribution in [0, 0.1) is 0 Å². The Bertz CT molecular complexity index is 688. The Labute approximate surface area is 143 Å². The number of benzene rings is 1. The largest absolute Gasteiger partial charge is 0.299 e. The van der Waals surface area contributed by atoms with Crippen LogP contribution in [0.1, 0.15) is 67.4 Å². The summed E-state index contributed by atoms with van der Waals surface area (Å²) in [5.41, 5.74) is 4.11. The fourth-order valence-electron chi connectivity index (χ4n) is 3.63. The maximum atomic E-state index is 10.9. The summed E-state index contributed by atoms with van der Waals surface area (Å²) in [5.74, 6) is 1.11. The van der Waals surface area contributed by atoms with E-state index in [0.29, 0.717) is 11.8 Å². The Hall–Kier alpha value is -1.67. The van der Waals surface area contributed by atoms with Gasteiger partial charge in [0.05, 0.1) is 0 Å². The van der Waals surface area contributed by atoms with Crippen molar-refractivity contribution in [3.8, 4) is 10.4 Å². The summed E-state index contributed by atoms with van der Waals surface area (Å²) in [6.07, 6.45) is 9.78.